The number of amides is 1. The minimum atomic E-state index is -0.798. The van der Waals surface area contributed by atoms with Crippen LogP contribution in [0, 0.1) is 11.6 Å². The van der Waals surface area contributed by atoms with Crippen LogP contribution in [-0.4, -0.2) is 12.5 Å². The summed E-state index contributed by atoms with van der Waals surface area (Å²) < 4.78 is 26.6. The molecule has 0 fully saturated rings. The molecule has 1 heterocycles. The van der Waals surface area contributed by atoms with E-state index in [1.165, 1.54) is 17.3 Å². The highest BCUT2D eigenvalue weighted by Gasteiger charge is 2.18. The van der Waals surface area contributed by atoms with Crippen molar-refractivity contribution in [3.63, 3.8) is 0 Å². The molecule has 0 saturated carbocycles. The first-order chi connectivity index (χ1) is 13.1. The lowest BCUT2D eigenvalue weighted by Gasteiger charge is -2.19. The molecule has 5 heteroatoms. The van der Waals surface area contributed by atoms with E-state index >= 15 is 0 Å². The van der Waals surface area contributed by atoms with Gasteiger partial charge in [-0.3, -0.25) is 4.79 Å². The molecule has 3 aromatic rings. The first kappa shape index (κ1) is 17.2. The van der Waals surface area contributed by atoms with Crippen molar-refractivity contribution in [1.82, 2.24) is 0 Å². The van der Waals surface area contributed by atoms with Gasteiger partial charge in [0.25, 0.3) is 5.91 Å². The highest BCUT2D eigenvalue weighted by Crippen LogP contribution is 2.28. The van der Waals surface area contributed by atoms with E-state index in [1.54, 1.807) is 12.1 Å². The molecule has 1 aliphatic heterocycles. The number of benzene rings is 3. The molecule has 0 aliphatic carbocycles. The maximum absolute atomic E-state index is 13.7. The van der Waals surface area contributed by atoms with Crippen molar-refractivity contribution in [2.45, 2.75) is 13.0 Å². The van der Waals surface area contributed by atoms with Crippen LogP contribution < -0.4 is 10.2 Å². The minimum Gasteiger partial charge on any atom is -0.367 e. The molecule has 0 atom stereocenters. The molecule has 1 aliphatic rings. The fraction of sp³-hybridized carbons (Fsp3) is 0.136. The average Bonchev–Trinajstić information content (AvgIpc) is 3.08. The van der Waals surface area contributed by atoms with E-state index < -0.39 is 17.5 Å². The van der Waals surface area contributed by atoms with Crippen molar-refractivity contribution in [3.8, 4) is 0 Å². The zero-order valence-corrected chi connectivity index (χ0v) is 14.6. The maximum atomic E-state index is 13.7. The number of nitrogens with zero attached hydrogens (tertiary/aromatic N) is 1. The van der Waals surface area contributed by atoms with Gasteiger partial charge < -0.3 is 10.2 Å². The maximum Gasteiger partial charge on any atom is 0.255 e. The van der Waals surface area contributed by atoms with Gasteiger partial charge in [0.05, 0.1) is 5.69 Å². The Hall–Kier alpha value is -3.21. The number of rotatable bonds is 4. The minimum absolute atomic E-state index is 0.0425. The highest BCUT2D eigenvalue weighted by molar-refractivity contribution is 6.04. The summed E-state index contributed by atoms with van der Waals surface area (Å²) >= 11 is 0. The third-order valence-corrected chi connectivity index (χ3v) is 4.75. The predicted octanol–water partition coefficient (Wildman–Crippen LogP) is 4.78. The van der Waals surface area contributed by atoms with Crippen LogP contribution in [0.3, 0.4) is 0 Å². The molecule has 0 unspecified atom stereocenters. The molecular formula is C22H18F2N2O. The van der Waals surface area contributed by atoms with Crippen molar-refractivity contribution >= 4 is 17.3 Å². The van der Waals surface area contributed by atoms with Gasteiger partial charge in [-0.05, 0) is 47.9 Å². The van der Waals surface area contributed by atoms with E-state index in [0.29, 0.717) is 5.56 Å². The van der Waals surface area contributed by atoms with Gasteiger partial charge in [0.15, 0.2) is 0 Å². The van der Waals surface area contributed by atoms with Crippen LogP contribution in [0.15, 0.2) is 66.7 Å². The second-order valence-electron chi connectivity index (χ2n) is 6.58. The number of hydrogen-bond acceptors (Lipinski definition) is 2. The summed E-state index contributed by atoms with van der Waals surface area (Å²) in [6.45, 7) is 1.75. The van der Waals surface area contributed by atoms with Crippen molar-refractivity contribution in [1.29, 1.82) is 0 Å². The second kappa shape index (κ2) is 7.19. The Labute approximate surface area is 156 Å². The molecule has 3 nitrogen and oxygen atoms in total. The summed E-state index contributed by atoms with van der Waals surface area (Å²) in [5.74, 6) is -1.91. The molecule has 4 rings (SSSR count). The highest BCUT2D eigenvalue weighted by atomic mass is 19.1. The van der Waals surface area contributed by atoms with Crippen LogP contribution in [0.25, 0.3) is 0 Å². The molecule has 27 heavy (non-hydrogen) atoms. The number of fused-ring (bicyclic) bond motifs is 1. The van der Waals surface area contributed by atoms with Crippen LogP contribution in [-0.2, 0) is 13.0 Å². The Morgan fingerprint density at radius 2 is 1.78 bits per heavy atom. The number of para-hydroxylation sites is 1. The van der Waals surface area contributed by atoms with Gasteiger partial charge in [-0.2, -0.15) is 0 Å². The molecule has 1 amide bonds. The standard InChI is InChI=1S/C22H18F2N2O/c23-18-9-10-20(19(24)13-18)25-22(27)17-7-5-15(6-8-17)14-26-12-11-16-3-1-2-4-21(16)26/h1-10,13H,11-12,14H2,(H,25,27). The lowest BCUT2D eigenvalue weighted by molar-refractivity contribution is 0.102. The molecular weight excluding hydrogens is 346 g/mol. The quantitative estimate of drug-likeness (QED) is 0.723. The largest absolute Gasteiger partial charge is 0.367 e. The number of carbonyl (C=O) groups excluding carboxylic acids is 1. The fourth-order valence-electron chi connectivity index (χ4n) is 3.34. The monoisotopic (exact) mass is 364 g/mol. The second-order valence-corrected chi connectivity index (χ2v) is 6.58. The molecule has 0 saturated heterocycles. The molecule has 0 spiro atoms. The Balaban J connectivity index is 1.44. The lowest BCUT2D eigenvalue weighted by Crippen LogP contribution is -2.19. The molecule has 136 valence electrons. The summed E-state index contributed by atoms with van der Waals surface area (Å²) in [5, 5.41) is 2.47. The van der Waals surface area contributed by atoms with Crippen LogP contribution in [0.4, 0.5) is 20.2 Å². The number of halogens is 2. The molecule has 1 N–H and O–H groups in total. The Morgan fingerprint density at radius 1 is 1.00 bits per heavy atom. The number of carbonyl (C=O) groups is 1. The van der Waals surface area contributed by atoms with Gasteiger partial charge in [0.1, 0.15) is 11.6 Å². The first-order valence-corrected chi connectivity index (χ1v) is 8.78. The molecule has 3 aromatic carbocycles. The van der Waals surface area contributed by atoms with Gasteiger partial charge in [-0.1, -0.05) is 30.3 Å². The van der Waals surface area contributed by atoms with Crippen LogP contribution in [0.1, 0.15) is 21.5 Å². The van der Waals surface area contributed by atoms with Crippen LogP contribution in [0.5, 0.6) is 0 Å². The van der Waals surface area contributed by atoms with Gasteiger partial charge in [-0.15, -0.1) is 0 Å². The topological polar surface area (TPSA) is 32.3 Å². The Morgan fingerprint density at radius 3 is 2.56 bits per heavy atom. The summed E-state index contributed by atoms with van der Waals surface area (Å²) in [6, 6.07) is 18.7. The normalized spacial score (nSPS) is 12.7. The predicted molar refractivity (Wildman–Crippen MR) is 102 cm³/mol. The zero-order chi connectivity index (χ0) is 18.8. The number of anilines is 2. The molecule has 0 bridgehead atoms. The van der Waals surface area contributed by atoms with Crippen molar-refractivity contribution in [2.75, 3.05) is 16.8 Å². The van der Waals surface area contributed by atoms with Crippen molar-refractivity contribution < 1.29 is 13.6 Å². The van der Waals surface area contributed by atoms with Crippen LogP contribution in [0.2, 0.25) is 0 Å². The van der Waals surface area contributed by atoms with Crippen molar-refractivity contribution in [2.24, 2.45) is 0 Å². The third kappa shape index (κ3) is 3.67. The first-order valence-electron chi connectivity index (χ1n) is 8.78. The summed E-state index contributed by atoms with van der Waals surface area (Å²) in [7, 11) is 0. The van der Waals surface area contributed by atoms with Crippen molar-refractivity contribution in [3.05, 3.63) is 95.1 Å². The smallest absolute Gasteiger partial charge is 0.255 e. The van der Waals surface area contributed by atoms with Crippen LogP contribution >= 0.6 is 0 Å². The third-order valence-electron chi connectivity index (χ3n) is 4.75. The average molecular weight is 364 g/mol. The summed E-state index contributed by atoms with van der Waals surface area (Å²) in [4.78, 5) is 14.6. The number of nitrogens with one attached hydrogen (secondary N) is 1. The summed E-state index contributed by atoms with van der Waals surface area (Å²) in [6.07, 6.45) is 1.04. The molecule has 0 aromatic heterocycles. The Bertz CT molecular complexity index is 986. The SMILES string of the molecule is O=C(Nc1ccc(F)cc1F)c1ccc(CN2CCc3ccccc32)cc1. The van der Waals surface area contributed by atoms with E-state index in [9.17, 15) is 13.6 Å². The number of hydrogen-bond donors (Lipinski definition) is 1. The fourth-order valence-corrected chi connectivity index (χ4v) is 3.34. The van der Waals surface area contributed by atoms with E-state index in [-0.39, 0.29) is 5.69 Å². The zero-order valence-electron chi connectivity index (χ0n) is 14.6. The van der Waals surface area contributed by atoms with E-state index in [4.69, 9.17) is 0 Å². The van der Waals surface area contributed by atoms with Gasteiger partial charge in [-0.25, -0.2) is 8.78 Å². The van der Waals surface area contributed by atoms with E-state index in [1.807, 2.05) is 18.2 Å². The van der Waals surface area contributed by atoms with Gasteiger partial charge in [0.2, 0.25) is 0 Å². The lowest BCUT2D eigenvalue weighted by atomic mass is 10.1. The van der Waals surface area contributed by atoms with E-state index in [0.717, 1.165) is 37.2 Å². The van der Waals surface area contributed by atoms with Gasteiger partial charge >= 0.3 is 0 Å². The summed E-state index contributed by atoms with van der Waals surface area (Å²) in [5.41, 5.74) is 4.08. The van der Waals surface area contributed by atoms with Gasteiger partial charge in [0, 0.05) is 30.4 Å². The van der Waals surface area contributed by atoms with E-state index in [2.05, 4.69) is 28.4 Å². The molecule has 0 radical (unpaired) electrons. The Kier molecular flexibility index (Phi) is 4.59.